The molecule has 4 rings (SSSR count). The largest absolute Gasteiger partial charge is 0.467 e. The number of fused-ring (bicyclic) bond motifs is 2. The molecule has 0 aliphatic heterocycles. The van der Waals surface area contributed by atoms with Crippen molar-refractivity contribution >= 4 is 33.4 Å². The summed E-state index contributed by atoms with van der Waals surface area (Å²) in [6, 6.07) is 27.5. The van der Waals surface area contributed by atoms with Gasteiger partial charge in [-0.2, -0.15) is 0 Å². The van der Waals surface area contributed by atoms with Crippen molar-refractivity contribution in [1.29, 1.82) is 0 Å². The van der Waals surface area contributed by atoms with Crippen LogP contribution in [-0.4, -0.2) is 44.9 Å². The smallest absolute Gasteiger partial charge is 0.339 e. The molecule has 210 valence electrons. The summed E-state index contributed by atoms with van der Waals surface area (Å²) < 4.78 is 15.0. The van der Waals surface area contributed by atoms with Gasteiger partial charge in [0.05, 0.1) is 7.11 Å². The Morgan fingerprint density at radius 1 is 0.744 bits per heavy atom. The van der Waals surface area contributed by atoms with Gasteiger partial charge in [0.2, 0.25) is 0 Å². The number of hydrogen-bond donors (Lipinski definition) is 5. The van der Waals surface area contributed by atoms with Crippen LogP contribution in [0.4, 0.5) is 0 Å². The molecule has 10 nitrogen and oxygen atoms in total. The van der Waals surface area contributed by atoms with E-state index in [1.165, 1.54) is 21.3 Å². The maximum Gasteiger partial charge on any atom is 0.339 e. The van der Waals surface area contributed by atoms with Gasteiger partial charge < -0.3 is 19.3 Å². The SMILES string of the molecule is CCO.COC(=O)C(OC)c1ccc2ccccc2c1.COC(C(=O)NN)c1ccc2ccccc2c1.NN. The summed E-state index contributed by atoms with van der Waals surface area (Å²) in [5, 5.41) is 12.0. The third-order valence-corrected chi connectivity index (χ3v) is 5.42. The summed E-state index contributed by atoms with van der Waals surface area (Å²) in [4.78, 5) is 23.1. The van der Waals surface area contributed by atoms with Crippen molar-refractivity contribution in [2.45, 2.75) is 19.1 Å². The molecule has 39 heavy (non-hydrogen) atoms. The summed E-state index contributed by atoms with van der Waals surface area (Å²) in [5.41, 5.74) is 3.69. The molecule has 0 heterocycles. The molecule has 10 heteroatoms. The number of aliphatic hydroxyl groups excluding tert-OH is 1. The van der Waals surface area contributed by atoms with Crippen molar-refractivity contribution in [2.24, 2.45) is 17.5 Å². The summed E-state index contributed by atoms with van der Waals surface area (Å²) in [6.45, 7) is 1.93. The van der Waals surface area contributed by atoms with Gasteiger partial charge in [0.15, 0.2) is 12.2 Å². The zero-order valence-electron chi connectivity index (χ0n) is 22.7. The number of methoxy groups -OCH3 is 3. The van der Waals surface area contributed by atoms with Crippen molar-refractivity contribution in [3.8, 4) is 0 Å². The second-order valence-electron chi connectivity index (χ2n) is 7.79. The van der Waals surface area contributed by atoms with E-state index in [1.54, 1.807) is 6.92 Å². The van der Waals surface area contributed by atoms with Crippen molar-refractivity contribution < 1.29 is 28.9 Å². The molecule has 0 aliphatic rings. The summed E-state index contributed by atoms with van der Waals surface area (Å²) >= 11 is 0. The fourth-order valence-corrected chi connectivity index (χ4v) is 3.69. The highest BCUT2D eigenvalue weighted by Gasteiger charge is 2.21. The molecule has 4 aromatic carbocycles. The second-order valence-corrected chi connectivity index (χ2v) is 7.79. The van der Waals surface area contributed by atoms with Gasteiger partial charge >= 0.3 is 5.97 Å². The normalized spacial score (nSPS) is 11.4. The lowest BCUT2D eigenvalue weighted by molar-refractivity contribution is -0.152. The predicted molar refractivity (Wildman–Crippen MR) is 153 cm³/mol. The molecule has 0 aliphatic carbocycles. The first-order valence-corrected chi connectivity index (χ1v) is 12.0. The Balaban J connectivity index is 0.000000335. The minimum absolute atomic E-state index is 0.250. The highest BCUT2D eigenvalue weighted by Crippen LogP contribution is 2.24. The Bertz CT molecular complexity index is 1200. The van der Waals surface area contributed by atoms with E-state index < -0.39 is 12.2 Å². The molecule has 0 fully saturated rings. The fourth-order valence-electron chi connectivity index (χ4n) is 3.69. The molecular formula is C29H38N4O6. The standard InChI is InChI=1S/C14H14O3.C13H14N2O2.C2H6O.H4N2/c1-16-13(14(15)17-2)12-8-7-10-5-3-4-6-11(10)9-12;1-17-12(13(16)15-14)11-7-6-9-4-2-3-5-10(9)8-11;1-2-3;1-2/h3-9,13H,1-2H3;2-8,12H,14H2,1H3,(H,15,16);3H,2H2,1H3;1-2H2. The Hall–Kier alpha value is -3.90. The van der Waals surface area contributed by atoms with Crippen molar-refractivity contribution in [2.75, 3.05) is 27.9 Å². The molecule has 0 aromatic heterocycles. The Labute approximate surface area is 228 Å². The third-order valence-electron chi connectivity index (χ3n) is 5.42. The zero-order valence-corrected chi connectivity index (χ0v) is 22.7. The average molecular weight is 539 g/mol. The van der Waals surface area contributed by atoms with Gasteiger partial charge in [-0.3, -0.25) is 21.9 Å². The van der Waals surface area contributed by atoms with Crippen LogP contribution in [0.5, 0.6) is 0 Å². The number of nitrogens with one attached hydrogen (secondary N) is 1. The van der Waals surface area contributed by atoms with Gasteiger partial charge in [-0.05, 0) is 51.7 Å². The molecule has 4 aromatic rings. The van der Waals surface area contributed by atoms with Crippen LogP contribution >= 0.6 is 0 Å². The van der Waals surface area contributed by atoms with E-state index in [-0.39, 0.29) is 18.5 Å². The molecular weight excluding hydrogens is 500 g/mol. The van der Waals surface area contributed by atoms with E-state index in [9.17, 15) is 9.59 Å². The van der Waals surface area contributed by atoms with Crippen LogP contribution in [0.1, 0.15) is 30.3 Å². The van der Waals surface area contributed by atoms with E-state index in [2.05, 4.69) is 17.1 Å². The highest BCUT2D eigenvalue weighted by molar-refractivity contribution is 5.87. The Morgan fingerprint density at radius 2 is 1.13 bits per heavy atom. The number of amides is 1. The average Bonchev–Trinajstić information content (AvgIpc) is 2.99. The molecule has 0 saturated carbocycles. The fraction of sp³-hybridized carbons (Fsp3) is 0.241. The van der Waals surface area contributed by atoms with Crippen LogP contribution in [0.15, 0.2) is 84.9 Å². The number of hydrogen-bond acceptors (Lipinski definition) is 9. The Kier molecular flexibility index (Phi) is 15.6. The van der Waals surface area contributed by atoms with Crippen LogP contribution < -0.4 is 23.0 Å². The van der Waals surface area contributed by atoms with Crippen LogP contribution in [0.25, 0.3) is 21.5 Å². The zero-order chi connectivity index (χ0) is 29.2. The molecule has 0 radical (unpaired) electrons. The quantitative estimate of drug-likeness (QED) is 0.107. The van der Waals surface area contributed by atoms with E-state index in [1.807, 2.05) is 84.9 Å². The number of nitrogens with two attached hydrogens (primary N) is 3. The summed E-state index contributed by atoms with van der Waals surface area (Å²) in [6.07, 6.45) is -1.34. The third kappa shape index (κ3) is 9.73. The summed E-state index contributed by atoms with van der Waals surface area (Å²) in [5.74, 6) is 12.4. The first-order valence-electron chi connectivity index (χ1n) is 12.0. The maximum atomic E-state index is 11.5. The maximum absolute atomic E-state index is 11.5. The number of ether oxygens (including phenoxy) is 3. The topological polar surface area (TPSA) is 172 Å². The first-order chi connectivity index (χ1) is 18.9. The second kappa shape index (κ2) is 18.4. The monoisotopic (exact) mass is 538 g/mol. The van der Waals surface area contributed by atoms with Crippen LogP contribution in [0.3, 0.4) is 0 Å². The molecule has 0 spiro atoms. The van der Waals surface area contributed by atoms with Gasteiger partial charge in [-0.1, -0.05) is 72.8 Å². The molecule has 2 unspecified atom stereocenters. The van der Waals surface area contributed by atoms with E-state index in [0.29, 0.717) is 0 Å². The Morgan fingerprint density at radius 3 is 1.49 bits per heavy atom. The van der Waals surface area contributed by atoms with Gasteiger partial charge in [-0.15, -0.1) is 0 Å². The van der Waals surface area contributed by atoms with Crippen LogP contribution in [0, 0.1) is 0 Å². The summed E-state index contributed by atoms with van der Waals surface area (Å²) in [7, 11) is 4.33. The van der Waals surface area contributed by atoms with Crippen LogP contribution in [-0.2, 0) is 23.8 Å². The number of esters is 1. The lowest BCUT2D eigenvalue weighted by atomic mass is 10.0. The lowest BCUT2D eigenvalue weighted by Gasteiger charge is -2.14. The minimum Gasteiger partial charge on any atom is -0.467 e. The van der Waals surface area contributed by atoms with Crippen molar-refractivity contribution in [3.05, 3.63) is 96.1 Å². The molecule has 0 bridgehead atoms. The molecule has 2 atom stereocenters. The van der Waals surface area contributed by atoms with Gasteiger partial charge in [-0.25, -0.2) is 10.6 Å². The number of benzene rings is 4. The molecule has 8 N–H and O–H groups in total. The van der Waals surface area contributed by atoms with Crippen molar-refractivity contribution in [3.63, 3.8) is 0 Å². The number of aliphatic hydroxyl groups is 1. The van der Waals surface area contributed by atoms with E-state index in [4.69, 9.17) is 25.2 Å². The molecule has 0 saturated heterocycles. The highest BCUT2D eigenvalue weighted by atomic mass is 16.6. The van der Waals surface area contributed by atoms with Crippen LogP contribution in [0.2, 0.25) is 0 Å². The number of carbonyl (C=O) groups is 2. The number of rotatable bonds is 6. The molecule has 1 amide bonds. The van der Waals surface area contributed by atoms with E-state index in [0.717, 1.165) is 32.7 Å². The van der Waals surface area contributed by atoms with E-state index >= 15 is 0 Å². The van der Waals surface area contributed by atoms with Gasteiger partial charge in [0.1, 0.15) is 0 Å². The van der Waals surface area contributed by atoms with Gasteiger partial charge in [0, 0.05) is 20.8 Å². The lowest BCUT2D eigenvalue weighted by Crippen LogP contribution is -2.35. The van der Waals surface area contributed by atoms with Gasteiger partial charge in [0.25, 0.3) is 5.91 Å². The van der Waals surface area contributed by atoms with Crippen molar-refractivity contribution in [1.82, 2.24) is 5.43 Å². The first kappa shape index (κ1) is 33.1. The predicted octanol–water partition coefficient (Wildman–Crippen LogP) is 3.03. The number of carbonyl (C=O) groups excluding carboxylic acids is 2. The minimum atomic E-state index is -0.676. The number of hydrazine groups is 2.